The van der Waals surface area contributed by atoms with Crippen LogP contribution in [0.1, 0.15) is 26.7 Å². The summed E-state index contributed by atoms with van der Waals surface area (Å²) < 4.78 is 0. The third kappa shape index (κ3) is 4.09. The molecule has 0 saturated heterocycles. The van der Waals surface area contributed by atoms with E-state index in [2.05, 4.69) is 13.8 Å². The molecular formula is C6H15NO. The lowest BCUT2D eigenvalue weighted by atomic mass is 10.4. The second-order valence-electron chi connectivity index (χ2n) is 1.95. The summed E-state index contributed by atoms with van der Waals surface area (Å²) in [5.41, 5.74) is 0. The standard InChI is InChI=1S/C6H15NO/c1-3-5-7(8)6-4-2/h8H,3-6H2,1-2H3. The van der Waals surface area contributed by atoms with Gasteiger partial charge in [-0.1, -0.05) is 13.8 Å². The van der Waals surface area contributed by atoms with Crippen LogP contribution in [0, 0.1) is 0 Å². The predicted octanol–water partition coefficient (Wildman–Crippen LogP) is 1.50. The van der Waals surface area contributed by atoms with Crippen molar-refractivity contribution in [1.29, 1.82) is 0 Å². The number of hydrogen-bond donors (Lipinski definition) is 1. The van der Waals surface area contributed by atoms with Crippen molar-refractivity contribution in [1.82, 2.24) is 5.06 Å². The van der Waals surface area contributed by atoms with E-state index in [-0.39, 0.29) is 0 Å². The zero-order chi connectivity index (χ0) is 6.41. The van der Waals surface area contributed by atoms with Crippen LogP contribution in [0.3, 0.4) is 0 Å². The Labute approximate surface area is 51.1 Å². The van der Waals surface area contributed by atoms with Gasteiger partial charge in [-0.05, 0) is 12.8 Å². The smallest absolute Gasteiger partial charge is 0.0235 e. The highest BCUT2D eigenvalue weighted by molar-refractivity contribution is 4.38. The first kappa shape index (κ1) is 7.92. The summed E-state index contributed by atoms with van der Waals surface area (Å²) in [5, 5.41) is 10.2. The number of hydroxylamine groups is 2. The Balaban J connectivity index is 2.92. The van der Waals surface area contributed by atoms with Gasteiger partial charge >= 0.3 is 0 Å². The maximum Gasteiger partial charge on any atom is 0.0235 e. The normalized spacial score (nSPS) is 10.5. The molecule has 8 heavy (non-hydrogen) atoms. The largest absolute Gasteiger partial charge is 0.314 e. The van der Waals surface area contributed by atoms with Gasteiger partial charge in [0.1, 0.15) is 0 Å². The molecule has 0 atom stereocenters. The number of nitrogens with zero attached hydrogens (tertiary/aromatic N) is 1. The monoisotopic (exact) mass is 117 g/mol. The summed E-state index contributed by atoms with van der Waals surface area (Å²) >= 11 is 0. The lowest BCUT2D eigenvalue weighted by molar-refractivity contribution is -0.0900. The van der Waals surface area contributed by atoms with E-state index < -0.39 is 0 Å². The molecule has 0 saturated carbocycles. The molecule has 50 valence electrons. The van der Waals surface area contributed by atoms with Crippen molar-refractivity contribution in [3.05, 3.63) is 0 Å². The Morgan fingerprint density at radius 2 is 1.50 bits per heavy atom. The van der Waals surface area contributed by atoms with Crippen LogP contribution in [0.15, 0.2) is 0 Å². The molecule has 2 heteroatoms. The molecule has 0 aromatic rings. The van der Waals surface area contributed by atoms with Gasteiger partial charge in [-0.25, -0.2) is 0 Å². The maximum absolute atomic E-state index is 8.88. The Morgan fingerprint density at radius 1 is 1.12 bits per heavy atom. The van der Waals surface area contributed by atoms with E-state index in [9.17, 15) is 0 Å². The highest BCUT2D eigenvalue weighted by atomic mass is 16.5. The number of rotatable bonds is 4. The molecule has 0 spiro atoms. The molecule has 0 radical (unpaired) electrons. The fourth-order valence-corrected chi connectivity index (χ4v) is 0.628. The lowest BCUT2D eigenvalue weighted by Crippen LogP contribution is -2.20. The second kappa shape index (κ2) is 5.06. The van der Waals surface area contributed by atoms with Crippen molar-refractivity contribution in [2.45, 2.75) is 26.7 Å². The minimum Gasteiger partial charge on any atom is -0.314 e. The SMILES string of the molecule is CCCN(O)CCC. The van der Waals surface area contributed by atoms with Crippen LogP contribution < -0.4 is 0 Å². The fourth-order valence-electron chi connectivity index (χ4n) is 0.628. The first-order valence-electron chi connectivity index (χ1n) is 3.25. The Kier molecular flexibility index (Phi) is 5.01. The Hall–Kier alpha value is -0.0800. The Bertz CT molecular complexity index is 41.8. The minimum atomic E-state index is 0.799. The third-order valence-electron chi connectivity index (χ3n) is 0.963. The molecule has 0 aromatic carbocycles. The van der Waals surface area contributed by atoms with Crippen molar-refractivity contribution in [3.63, 3.8) is 0 Å². The molecule has 0 heterocycles. The number of hydrogen-bond acceptors (Lipinski definition) is 2. The molecule has 0 amide bonds. The lowest BCUT2D eigenvalue weighted by Gasteiger charge is -2.10. The van der Waals surface area contributed by atoms with E-state index >= 15 is 0 Å². The molecule has 0 aliphatic carbocycles. The summed E-state index contributed by atoms with van der Waals surface area (Å²) in [4.78, 5) is 0. The van der Waals surface area contributed by atoms with Crippen LogP contribution in [0.25, 0.3) is 0 Å². The predicted molar refractivity (Wildman–Crippen MR) is 33.9 cm³/mol. The van der Waals surface area contributed by atoms with Gasteiger partial charge in [0.05, 0.1) is 0 Å². The average molecular weight is 117 g/mol. The molecular weight excluding hydrogens is 102 g/mol. The summed E-state index contributed by atoms with van der Waals surface area (Å²) in [7, 11) is 0. The molecule has 0 aliphatic heterocycles. The van der Waals surface area contributed by atoms with E-state index in [4.69, 9.17) is 5.21 Å². The summed E-state index contributed by atoms with van der Waals surface area (Å²) in [5.74, 6) is 0. The molecule has 0 aliphatic rings. The van der Waals surface area contributed by atoms with Crippen LogP contribution in [0.4, 0.5) is 0 Å². The molecule has 1 N–H and O–H groups in total. The average Bonchev–Trinajstić information content (AvgIpc) is 1.68. The molecule has 0 bridgehead atoms. The van der Waals surface area contributed by atoms with Crippen LogP contribution in [-0.2, 0) is 0 Å². The van der Waals surface area contributed by atoms with Crippen molar-refractivity contribution >= 4 is 0 Å². The highest BCUT2D eigenvalue weighted by Crippen LogP contribution is 1.86. The van der Waals surface area contributed by atoms with Gasteiger partial charge in [-0.3, -0.25) is 0 Å². The van der Waals surface area contributed by atoms with Crippen molar-refractivity contribution < 1.29 is 5.21 Å². The minimum absolute atomic E-state index is 0.799. The maximum atomic E-state index is 8.88. The first-order valence-corrected chi connectivity index (χ1v) is 3.25. The van der Waals surface area contributed by atoms with Crippen LogP contribution in [0.5, 0.6) is 0 Å². The van der Waals surface area contributed by atoms with Crippen molar-refractivity contribution in [3.8, 4) is 0 Å². The van der Waals surface area contributed by atoms with Crippen LogP contribution in [-0.4, -0.2) is 23.4 Å². The van der Waals surface area contributed by atoms with Gasteiger partial charge in [0.15, 0.2) is 0 Å². The summed E-state index contributed by atoms with van der Waals surface area (Å²) in [6.45, 7) is 5.71. The zero-order valence-corrected chi connectivity index (χ0v) is 5.72. The zero-order valence-electron chi connectivity index (χ0n) is 5.72. The Morgan fingerprint density at radius 3 is 1.75 bits per heavy atom. The van der Waals surface area contributed by atoms with Crippen LogP contribution >= 0.6 is 0 Å². The molecule has 0 unspecified atom stereocenters. The summed E-state index contributed by atoms with van der Waals surface area (Å²) in [6, 6.07) is 0. The highest BCUT2D eigenvalue weighted by Gasteiger charge is 1.92. The summed E-state index contributed by atoms with van der Waals surface area (Å²) in [6.07, 6.45) is 2.05. The van der Waals surface area contributed by atoms with Crippen LogP contribution in [0.2, 0.25) is 0 Å². The topological polar surface area (TPSA) is 23.5 Å². The van der Waals surface area contributed by atoms with E-state index in [0.29, 0.717) is 0 Å². The van der Waals surface area contributed by atoms with E-state index in [1.165, 1.54) is 5.06 Å². The third-order valence-corrected chi connectivity index (χ3v) is 0.963. The van der Waals surface area contributed by atoms with E-state index in [1.54, 1.807) is 0 Å². The van der Waals surface area contributed by atoms with Gasteiger partial charge in [0, 0.05) is 13.1 Å². The van der Waals surface area contributed by atoms with Crippen molar-refractivity contribution in [2.75, 3.05) is 13.1 Å². The fraction of sp³-hybridized carbons (Fsp3) is 1.00. The molecule has 0 fully saturated rings. The van der Waals surface area contributed by atoms with Gasteiger partial charge < -0.3 is 5.21 Å². The van der Waals surface area contributed by atoms with Crippen molar-refractivity contribution in [2.24, 2.45) is 0 Å². The van der Waals surface area contributed by atoms with Gasteiger partial charge in [0.2, 0.25) is 0 Å². The molecule has 0 aromatic heterocycles. The first-order chi connectivity index (χ1) is 3.81. The van der Waals surface area contributed by atoms with Gasteiger partial charge in [-0.2, -0.15) is 5.06 Å². The van der Waals surface area contributed by atoms with E-state index in [1.807, 2.05) is 0 Å². The quantitative estimate of drug-likeness (QED) is 0.564. The van der Waals surface area contributed by atoms with E-state index in [0.717, 1.165) is 25.9 Å². The van der Waals surface area contributed by atoms with Gasteiger partial charge in [0.25, 0.3) is 0 Å². The second-order valence-corrected chi connectivity index (χ2v) is 1.95. The molecule has 2 nitrogen and oxygen atoms in total. The molecule has 0 rings (SSSR count). The van der Waals surface area contributed by atoms with Gasteiger partial charge in [-0.15, -0.1) is 0 Å².